The average Bonchev–Trinajstić information content (AvgIpc) is 3.06. The molecule has 0 saturated heterocycles. The Morgan fingerprint density at radius 2 is 1.91 bits per heavy atom. The van der Waals surface area contributed by atoms with Gasteiger partial charge in [-0.25, -0.2) is 0 Å². The van der Waals surface area contributed by atoms with Gasteiger partial charge in [-0.1, -0.05) is 24.1 Å². The lowest BCUT2D eigenvalue weighted by molar-refractivity contribution is -0.274. The molecule has 1 fully saturated rings. The molecule has 2 aromatic rings. The van der Waals surface area contributed by atoms with Crippen molar-refractivity contribution in [2.24, 2.45) is 5.73 Å². The highest BCUT2D eigenvalue weighted by molar-refractivity contribution is 5.85. The summed E-state index contributed by atoms with van der Waals surface area (Å²) in [6.07, 6.45) is -1.22. The van der Waals surface area contributed by atoms with Gasteiger partial charge in [-0.2, -0.15) is 4.98 Å². The summed E-state index contributed by atoms with van der Waals surface area (Å²) in [7, 11) is 0. The van der Waals surface area contributed by atoms with E-state index in [2.05, 4.69) is 14.9 Å². The predicted molar refractivity (Wildman–Crippen MR) is 78.0 cm³/mol. The number of hydrogen-bond donors (Lipinski definition) is 1. The van der Waals surface area contributed by atoms with Crippen molar-refractivity contribution in [2.45, 2.75) is 37.6 Å². The Morgan fingerprint density at radius 1 is 1.22 bits per heavy atom. The van der Waals surface area contributed by atoms with Crippen LogP contribution in [0.15, 0.2) is 28.8 Å². The Hall–Kier alpha value is -1.80. The molecule has 0 atom stereocenters. The van der Waals surface area contributed by atoms with E-state index >= 15 is 0 Å². The summed E-state index contributed by atoms with van der Waals surface area (Å²) in [6, 6.07) is 5.39. The van der Waals surface area contributed by atoms with Gasteiger partial charge >= 0.3 is 6.36 Å². The van der Waals surface area contributed by atoms with Crippen molar-refractivity contribution in [2.75, 3.05) is 0 Å². The highest BCUT2D eigenvalue weighted by atomic mass is 35.5. The normalized spacial score (nSPS) is 16.9. The highest BCUT2D eigenvalue weighted by Gasteiger charge is 2.36. The number of aromatic nitrogens is 2. The Labute approximate surface area is 136 Å². The fraction of sp³-hybridized carbons (Fsp3) is 0.429. The van der Waals surface area contributed by atoms with Crippen LogP contribution >= 0.6 is 12.4 Å². The van der Waals surface area contributed by atoms with E-state index in [0.717, 1.165) is 25.7 Å². The van der Waals surface area contributed by atoms with Gasteiger partial charge in [0.05, 0.1) is 5.54 Å². The van der Waals surface area contributed by atoms with Crippen molar-refractivity contribution in [3.63, 3.8) is 0 Å². The third kappa shape index (κ3) is 3.94. The molecular formula is C14H15ClF3N3O2. The maximum Gasteiger partial charge on any atom is 0.573 e. The summed E-state index contributed by atoms with van der Waals surface area (Å²) in [6.45, 7) is 0. The Kier molecular flexibility index (Phi) is 4.86. The molecule has 1 saturated carbocycles. The number of nitrogens with zero attached hydrogens (tertiary/aromatic N) is 2. The zero-order chi connectivity index (χ0) is 15.8. The first-order valence-electron chi connectivity index (χ1n) is 6.85. The van der Waals surface area contributed by atoms with Gasteiger partial charge in [0.25, 0.3) is 5.89 Å². The van der Waals surface area contributed by atoms with Gasteiger partial charge in [0.1, 0.15) is 5.75 Å². The van der Waals surface area contributed by atoms with Crippen LogP contribution in [0.25, 0.3) is 11.5 Å². The molecule has 126 valence electrons. The van der Waals surface area contributed by atoms with E-state index in [9.17, 15) is 13.2 Å². The molecule has 1 aromatic carbocycles. The minimum Gasteiger partial charge on any atom is -0.406 e. The predicted octanol–water partition coefficient (Wildman–Crippen LogP) is 3.79. The van der Waals surface area contributed by atoms with Crippen LogP contribution in [-0.4, -0.2) is 16.5 Å². The lowest BCUT2D eigenvalue weighted by atomic mass is 9.99. The maximum absolute atomic E-state index is 12.2. The SMILES string of the molecule is Cl.NC1(c2noc(-c3cccc(OC(F)(F)F)c3)n2)CCCC1. The third-order valence-electron chi connectivity index (χ3n) is 3.68. The molecule has 0 unspecified atom stereocenters. The van der Waals surface area contributed by atoms with Crippen molar-refractivity contribution in [1.29, 1.82) is 0 Å². The Morgan fingerprint density at radius 3 is 2.57 bits per heavy atom. The lowest BCUT2D eigenvalue weighted by Gasteiger charge is -2.17. The van der Waals surface area contributed by atoms with E-state index in [-0.39, 0.29) is 24.0 Å². The quantitative estimate of drug-likeness (QED) is 0.912. The van der Waals surface area contributed by atoms with Crippen LogP contribution in [0.1, 0.15) is 31.5 Å². The number of alkyl halides is 3. The van der Waals surface area contributed by atoms with E-state index in [1.165, 1.54) is 18.2 Å². The maximum atomic E-state index is 12.2. The smallest absolute Gasteiger partial charge is 0.406 e. The summed E-state index contributed by atoms with van der Waals surface area (Å²) in [4.78, 5) is 4.23. The van der Waals surface area contributed by atoms with E-state index in [1.807, 2.05) is 0 Å². The number of ether oxygens (including phenoxy) is 1. The molecule has 1 aliphatic carbocycles. The van der Waals surface area contributed by atoms with Crippen LogP contribution < -0.4 is 10.5 Å². The van der Waals surface area contributed by atoms with E-state index in [1.54, 1.807) is 6.07 Å². The fourth-order valence-corrected chi connectivity index (χ4v) is 2.60. The molecule has 1 aliphatic rings. The van der Waals surface area contributed by atoms with Gasteiger partial charge in [0.15, 0.2) is 5.82 Å². The number of hydrogen-bond acceptors (Lipinski definition) is 5. The molecule has 0 aliphatic heterocycles. The van der Waals surface area contributed by atoms with Gasteiger partial charge in [-0.3, -0.25) is 0 Å². The van der Waals surface area contributed by atoms with Crippen LogP contribution in [0.5, 0.6) is 5.75 Å². The van der Waals surface area contributed by atoms with Crippen molar-refractivity contribution >= 4 is 12.4 Å². The second-order valence-electron chi connectivity index (χ2n) is 5.36. The number of halogens is 4. The molecule has 2 N–H and O–H groups in total. The summed E-state index contributed by atoms with van der Waals surface area (Å²) in [5, 5.41) is 3.88. The van der Waals surface area contributed by atoms with Gasteiger partial charge < -0.3 is 15.0 Å². The van der Waals surface area contributed by atoms with Crippen LogP contribution in [-0.2, 0) is 5.54 Å². The van der Waals surface area contributed by atoms with E-state index in [0.29, 0.717) is 11.4 Å². The van der Waals surface area contributed by atoms with Crippen LogP contribution in [0.4, 0.5) is 13.2 Å². The standard InChI is InChI=1S/C14H14F3N3O2.ClH/c15-14(16,17)21-10-5-3-4-9(8-10)11-19-12(20-22-11)13(18)6-1-2-7-13;/h3-5,8H,1-2,6-7,18H2;1H. The molecule has 9 heteroatoms. The molecule has 0 bridgehead atoms. The number of benzene rings is 1. The summed E-state index contributed by atoms with van der Waals surface area (Å²) >= 11 is 0. The van der Waals surface area contributed by atoms with Crippen LogP contribution in [0, 0.1) is 0 Å². The summed E-state index contributed by atoms with van der Waals surface area (Å²) in [5.41, 5.74) is 5.97. The summed E-state index contributed by atoms with van der Waals surface area (Å²) < 4.78 is 45.7. The zero-order valence-electron chi connectivity index (χ0n) is 12.0. The largest absolute Gasteiger partial charge is 0.573 e. The minimum absolute atomic E-state index is 0. The van der Waals surface area contributed by atoms with Crippen LogP contribution in [0.2, 0.25) is 0 Å². The number of nitrogens with two attached hydrogens (primary N) is 1. The van der Waals surface area contributed by atoms with E-state index in [4.69, 9.17) is 10.3 Å². The molecule has 5 nitrogen and oxygen atoms in total. The molecule has 0 radical (unpaired) electrons. The minimum atomic E-state index is -4.75. The molecule has 1 aromatic heterocycles. The molecule has 23 heavy (non-hydrogen) atoms. The second kappa shape index (κ2) is 6.37. The van der Waals surface area contributed by atoms with Crippen molar-refractivity contribution < 1.29 is 22.4 Å². The molecule has 0 amide bonds. The monoisotopic (exact) mass is 349 g/mol. The van der Waals surface area contributed by atoms with Crippen molar-refractivity contribution in [3.05, 3.63) is 30.1 Å². The van der Waals surface area contributed by atoms with E-state index < -0.39 is 11.9 Å². The lowest BCUT2D eigenvalue weighted by Crippen LogP contribution is -2.34. The number of rotatable bonds is 3. The van der Waals surface area contributed by atoms with Gasteiger partial charge in [0, 0.05) is 5.56 Å². The molecule has 3 rings (SSSR count). The van der Waals surface area contributed by atoms with Gasteiger partial charge in [-0.15, -0.1) is 25.6 Å². The van der Waals surface area contributed by atoms with Crippen molar-refractivity contribution in [1.82, 2.24) is 10.1 Å². The molecular weight excluding hydrogens is 335 g/mol. The average molecular weight is 350 g/mol. The molecule has 0 spiro atoms. The first kappa shape index (κ1) is 17.6. The Balaban J connectivity index is 0.00000192. The highest BCUT2D eigenvalue weighted by Crippen LogP contribution is 2.35. The first-order valence-corrected chi connectivity index (χ1v) is 6.85. The Bertz CT molecular complexity index is 669. The topological polar surface area (TPSA) is 74.2 Å². The first-order chi connectivity index (χ1) is 10.4. The zero-order valence-corrected chi connectivity index (χ0v) is 12.8. The third-order valence-corrected chi connectivity index (χ3v) is 3.68. The molecule has 1 heterocycles. The van der Waals surface area contributed by atoms with Crippen molar-refractivity contribution in [3.8, 4) is 17.2 Å². The van der Waals surface area contributed by atoms with Gasteiger partial charge in [-0.05, 0) is 31.0 Å². The van der Waals surface area contributed by atoms with Gasteiger partial charge in [0.2, 0.25) is 0 Å². The summed E-state index contributed by atoms with van der Waals surface area (Å²) in [5.74, 6) is 0.176. The fourth-order valence-electron chi connectivity index (χ4n) is 2.60. The second-order valence-corrected chi connectivity index (χ2v) is 5.36. The van der Waals surface area contributed by atoms with Crippen LogP contribution in [0.3, 0.4) is 0 Å².